The molecule has 0 aliphatic heterocycles. The highest BCUT2D eigenvalue weighted by molar-refractivity contribution is 5.71. The third kappa shape index (κ3) is 56.6. The summed E-state index contributed by atoms with van der Waals surface area (Å²) in [6.07, 6.45) is 80.5. The van der Waals surface area contributed by atoms with Crippen LogP contribution in [-0.4, -0.2) is 37.2 Å². The molecule has 0 saturated heterocycles. The van der Waals surface area contributed by atoms with Crippen LogP contribution in [0.4, 0.5) is 0 Å². The van der Waals surface area contributed by atoms with Gasteiger partial charge in [0.15, 0.2) is 6.10 Å². The molecule has 1 atom stereocenters. The molecule has 0 spiro atoms. The first-order chi connectivity index (χ1) is 35.0. The van der Waals surface area contributed by atoms with Gasteiger partial charge < -0.3 is 14.2 Å². The van der Waals surface area contributed by atoms with Crippen molar-refractivity contribution in [2.24, 2.45) is 0 Å². The fourth-order valence-electron chi connectivity index (χ4n) is 7.63. The fraction of sp³-hybridized carbons (Fsp3) is 0.646. The van der Waals surface area contributed by atoms with Gasteiger partial charge in [-0.1, -0.05) is 251 Å². The topological polar surface area (TPSA) is 78.9 Å². The average molecular weight is 984 g/mol. The van der Waals surface area contributed by atoms with Gasteiger partial charge in [0.25, 0.3) is 0 Å². The third-order valence-corrected chi connectivity index (χ3v) is 12.0. The van der Waals surface area contributed by atoms with Gasteiger partial charge in [0.05, 0.1) is 0 Å². The first-order valence-corrected chi connectivity index (χ1v) is 29.0. The number of allylic oxidation sites excluding steroid dienone is 20. The fourth-order valence-corrected chi connectivity index (χ4v) is 7.63. The lowest BCUT2D eigenvalue weighted by atomic mass is 10.0. The van der Waals surface area contributed by atoms with E-state index >= 15 is 0 Å². The standard InChI is InChI=1S/C65H106O6/c1-4-7-10-13-16-19-22-25-28-30-32-34-37-40-43-46-49-52-55-58-64(67)70-61-62(60-69-63(66)57-54-51-48-45-42-39-36-27-24-21-18-15-12-9-6-3)71-65(68)59-56-53-50-47-44-41-38-35-33-31-29-26-23-20-17-14-11-8-5-2/h7,10,16-17,19-20,25-26,28-29,32-35,40-41,43-44,49,52,62H,4-6,8-9,11-15,18,21-24,27,30-31,36-39,42,45-48,50-51,53-61H2,1-3H3/b10-7-,19-16-,20-17-,28-25-,29-26-,34-32-,35-33-,43-40-,44-41-,52-49-/t62-/m1/s1. The Morgan fingerprint density at radius 1 is 0.296 bits per heavy atom. The second kappa shape index (κ2) is 58.4. The molecule has 402 valence electrons. The first kappa shape index (κ1) is 66.8. The maximum absolute atomic E-state index is 12.9. The zero-order valence-corrected chi connectivity index (χ0v) is 45.9. The molecule has 0 saturated carbocycles. The Morgan fingerprint density at radius 3 is 0.972 bits per heavy atom. The van der Waals surface area contributed by atoms with Crippen LogP contribution in [0.3, 0.4) is 0 Å². The highest BCUT2D eigenvalue weighted by Crippen LogP contribution is 2.15. The van der Waals surface area contributed by atoms with Crippen molar-refractivity contribution in [1.82, 2.24) is 0 Å². The Labute approximate surface area is 437 Å². The van der Waals surface area contributed by atoms with Crippen molar-refractivity contribution in [2.75, 3.05) is 13.2 Å². The molecular weight excluding hydrogens is 877 g/mol. The molecule has 0 bridgehead atoms. The first-order valence-electron chi connectivity index (χ1n) is 29.0. The molecule has 0 amide bonds. The normalized spacial score (nSPS) is 13.0. The van der Waals surface area contributed by atoms with Crippen LogP contribution in [-0.2, 0) is 28.6 Å². The molecule has 6 nitrogen and oxygen atoms in total. The van der Waals surface area contributed by atoms with E-state index < -0.39 is 6.10 Å². The summed E-state index contributed by atoms with van der Waals surface area (Å²) in [6, 6.07) is 0. The van der Waals surface area contributed by atoms with Crippen molar-refractivity contribution in [3.63, 3.8) is 0 Å². The summed E-state index contributed by atoms with van der Waals surface area (Å²) in [6.45, 7) is 6.41. The highest BCUT2D eigenvalue weighted by Gasteiger charge is 2.19. The molecule has 0 aromatic rings. The van der Waals surface area contributed by atoms with E-state index in [-0.39, 0.29) is 44.0 Å². The Balaban J connectivity index is 4.57. The molecule has 71 heavy (non-hydrogen) atoms. The lowest BCUT2D eigenvalue weighted by molar-refractivity contribution is -0.166. The van der Waals surface area contributed by atoms with Crippen molar-refractivity contribution >= 4 is 17.9 Å². The zero-order chi connectivity index (χ0) is 51.4. The van der Waals surface area contributed by atoms with Crippen molar-refractivity contribution in [3.8, 4) is 0 Å². The molecule has 0 unspecified atom stereocenters. The predicted molar refractivity (Wildman–Crippen MR) is 306 cm³/mol. The Hall–Kier alpha value is -4.19. The largest absolute Gasteiger partial charge is 0.462 e. The van der Waals surface area contributed by atoms with E-state index in [4.69, 9.17) is 14.2 Å². The van der Waals surface area contributed by atoms with Gasteiger partial charge in [0, 0.05) is 19.3 Å². The number of ether oxygens (including phenoxy) is 3. The van der Waals surface area contributed by atoms with Crippen molar-refractivity contribution in [3.05, 3.63) is 122 Å². The number of rotatable bonds is 51. The highest BCUT2D eigenvalue weighted by atomic mass is 16.6. The summed E-state index contributed by atoms with van der Waals surface area (Å²) in [4.78, 5) is 38.1. The van der Waals surface area contributed by atoms with Gasteiger partial charge in [0.1, 0.15) is 13.2 Å². The van der Waals surface area contributed by atoms with Crippen LogP contribution in [0.1, 0.15) is 252 Å². The smallest absolute Gasteiger partial charge is 0.306 e. The van der Waals surface area contributed by atoms with Gasteiger partial charge in [-0.2, -0.15) is 0 Å². The van der Waals surface area contributed by atoms with E-state index in [1.54, 1.807) is 0 Å². The molecule has 0 N–H and O–H groups in total. The molecule has 0 fully saturated rings. The monoisotopic (exact) mass is 983 g/mol. The predicted octanol–water partition coefficient (Wildman–Crippen LogP) is 19.6. The Kier molecular flexibility index (Phi) is 54.9. The summed E-state index contributed by atoms with van der Waals surface area (Å²) in [7, 11) is 0. The van der Waals surface area contributed by atoms with Gasteiger partial charge in [-0.15, -0.1) is 0 Å². The van der Waals surface area contributed by atoms with E-state index in [0.29, 0.717) is 19.3 Å². The second-order valence-corrected chi connectivity index (χ2v) is 18.8. The van der Waals surface area contributed by atoms with Gasteiger partial charge in [0.2, 0.25) is 0 Å². The van der Waals surface area contributed by atoms with E-state index in [1.807, 2.05) is 6.08 Å². The molecule has 0 aromatic heterocycles. The minimum atomic E-state index is -0.828. The number of hydrogen-bond donors (Lipinski definition) is 0. The Bertz CT molecular complexity index is 1500. The molecular formula is C65H106O6. The minimum Gasteiger partial charge on any atom is -0.462 e. The van der Waals surface area contributed by atoms with Crippen LogP contribution < -0.4 is 0 Å². The van der Waals surface area contributed by atoms with Gasteiger partial charge in [-0.3, -0.25) is 14.4 Å². The van der Waals surface area contributed by atoms with Crippen LogP contribution in [0.25, 0.3) is 0 Å². The van der Waals surface area contributed by atoms with E-state index in [2.05, 4.69) is 136 Å². The number of unbranched alkanes of at least 4 members (excludes halogenated alkanes) is 20. The van der Waals surface area contributed by atoms with Gasteiger partial charge >= 0.3 is 17.9 Å². The van der Waals surface area contributed by atoms with Crippen LogP contribution in [0.2, 0.25) is 0 Å². The molecule has 0 heterocycles. The quantitative estimate of drug-likeness (QED) is 0.0261. The minimum absolute atomic E-state index is 0.115. The van der Waals surface area contributed by atoms with Crippen LogP contribution in [0, 0.1) is 0 Å². The second-order valence-electron chi connectivity index (χ2n) is 18.8. The lowest BCUT2D eigenvalue weighted by Crippen LogP contribution is -2.30. The number of esters is 3. The van der Waals surface area contributed by atoms with E-state index in [1.165, 1.54) is 103 Å². The molecule has 0 aromatic carbocycles. The number of carbonyl (C=O) groups excluding carboxylic acids is 3. The average Bonchev–Trinajstić information content (AvgIpc) is 3.37. The summed E-state index contributed by atoms with van der Waals surface area (Å²) >= 11 is 0. The van der Waals surface area contributed by atoms with E-state index in [9.17, 15) is 14.4 Å². The van der Waals surface area contributed by atoms with Crippen LogP contribution in [0.15, 0.2) is 122 Å². The summed E-state index contributed by atoms with van der Waals surface area (Å²) in [5.41, 5.74) is 0. The maximum Gasteiger partial charge on any atom is 0.306 e. The number of carbonyl (C=O) groups is 3. The SMILES string of the molecule is CC/C=C\C/C=C\C/C=C\C/C=C\C/C=C\C/C=C\CCC(=O)OC[C@@H](COC(=O)CCCCCCCCCCCCCCCCC)OC(=O)CCCCC/C=C\C/C=C\C/C=C\C/C=C\CCCCC. The summed E-state index contributed by atoms with van der Waals surface area (Å²) in [5.74, 6) is -1.03. The maximum atomic E-state index is 12.9. The van der Waals surface area contributed by atoms with Crippen LogP contribution in [0.5, 0.6) is 0 Å². The summed E-state index contributed by atoms with van der Waals surface area (Å²) < 4.78 is 16.8. The molecule has 0 aliphatic rings. The van der Waals surface area contributed by atoms with Gasteiger partial charge in [-0.05, 0) is 103 Å². The molecule has 0 radical (unpaired) electrons. The summed E-state index contributed by atoms with van der Waals surface area (Å²) in [5, 5.41) is 0. The third-order valence-electron chi connectivity index (χ3n) is 12.0. The lowest BCUT2D eigenvalue weighted by Gasteiger charge is -2.18. The van der Waals surface area contributed by atoms with Gasteiger partial charge in [-0.25, -0.2) is 0 Å². The molecule has 0 rings (SSSR count). The van der Waals surface area contributed by atoms with Crippen molar-refractivity contribution in [2.45, 2.75) is 258 Å². The van der Waals surface area contributed by atoms with E-state index in [0.717, 1.165) is 96.3 Å². The van der Waals surface area contributed by atoms with Crippen LogP contribution >= 0.6 is 0 Å². The Morgan fingerprint density at radius 2 is 0.577 bits per heavy atom. The van der Waals surface area contributed by atoms with Crippen molar-refractivity contribution in [1.29, 1.82) is 0 Å². The molecule has 0 aliphatic carbocycles. The van der Waals surface area contributed by atoms with Crippen molar-refractivity contribution < 1.29 is 28.6 Å². The molecule has 6 heteroatoms. The zero-order valence-electron chi connectivity index (χ0n) is 45.9. The number of hydrogen-bond acceptors (Lipinski definition) is 6.